The lowest BCUT2D eigenvalue weighted by Gasteiger charge is -2.34. The van der Waals surface area contributed by atoms with Crippen molar-refractivity contribution in [3.05, 3.63) is 40.9 Å². The van der Waals surface area contributed by atoms with Gasteiger partial charge in [-0.1, -0.05) is 28.1 Å². The zero-order valence-corrected chi connectivity index (χ0v) is 13.9. The summed E-state index contributed by atoms with van der Waals surface area (Å²) >= 11 is 3.44. The molecule has 0 bridgehead atoms. The van der Waals surface area contributed by atoms with E-state index in [0.717, 1.165) is 54.3 Å². The van der Waals surface area contributed by atoms with Crippen LogP contribution in [0.3, 0.4) is 0 Å². The zero-order valence-electron chi connectivity index (χ0n) is 12.3. The van der Waals surface area contributed by atoms with E-state index in [2.05, 4.69) is 35.9 Å². The predicted octanol–water partition coefficient (Wildman–Crippen LogP) is 2.02. The van der Waals surface area contributed by atoms with Crippen LogP contribution < -0.4 is 4.90 Å². The number of β-amino-alcohol motifs (C(OH)–C–C–N with tert-alkyl or cyclic N) is 1. The van der Waals surface area contributed by atoms with Gasteiger partial charge in [0.05, 0.1) is 12.3 Å². The first-order valence-electron chi connectivity index (χ1n) is 7.44. The molecule has 0 atom stereocenters. The quantitative estimate of drug-likeness (QED) is 0.901. The molecule has 0 radical (unpaired) electrons. The fraction of sp³-hybridized carbons (Fsp3) is 0.375. The summed E-state index contributed by atoms with van der Waals surface area (Å²) in [5.41, 5.74) is 1.95. The van der Waals surface area contributed by atoms with E-state index in [1.807, 2.05) is 36.4 Å². The van der Waals surface area contributed by atoms with Gasteiger partial charge in [-0.3, -0.25) is 4.90 Å². The Morgan fingerprint density at radius 1 is 0.955 bits per heavy atom. The molecule has 116 valence electrons. The highest BCUT2D eigenvalue weighted by Crippen LogP contribution is 2.21. The molecular weight excluding hydrogens is 344 g/mol. The molecule has 3 rings (SSSR count). The van der Waals surface area contributed by atoms with Crippen LogP contribution in [0.25, 0.3) is 11.3 Å². The lowest BCUT2D eigenvalue weighted by atomic mass is 10.1. The monoisotopic (exact) mass is 362 g/mol. The molecule has 0 aliphatic carbocycles. The number of hydrogen-bond donors (Lipinski definition) is 1. The molecular formula is C16H19BrN4O. The molecule has 1 N–H and O–H groups in total. The fourth-order valence-electron chi connectivity index (χ4n) is 2.61. The second kappa shape index (κ2) is 7.17. The van der Waals surface area contributed by atoms with Gasteiger partial charge in [-0.15, -0.1) is 10.2 Å². The topological polar surface area (TPSA) is 52.5 Å². The minimum Gasteiger partial charge on any atom is -0.395 e. The molecule has 5 nitrogen and oxygen atoms in total. The summed E-state index contributed by atoms with van der Waals surface area (Å²) in [6.07, 6.45) is 0. The molecule has 0 amide bonds. The van der Waals surface area contributed by atoms with Crippen molar-refractivity contribution in [2.45, 2.75) is 0 Å². The molecule has 6 heteroatoms. The van der Waals surface area contributed by atoms with Crippen LogP contribution in [0.5, 0.6) is 0 Å². The number of aromatic nitrogens is 2. The molecule has 22 heavy (non-hydrogen) atoms. The molecule has 1 aliphatic heterocycles. The smallest absolute Gasteiger partial charge is 0.151 e. The number of piperazine rings is 1. The van der Waals surface area contributed by atoms with Crippen molar-refractivity contribution < 1.29 is 5.11 Å². The summed E-state index contributed by atoms with van der Waals surface area (Å²) in [5.74, 6) is 0.921. The molecule has 0 unspecified atom stereocenters. The lowest BCUT2D eigenvalue weighted by Crippen LogP contribution is -2.47. The average Bonchev–Trinajstić information content (AvgIpc) is 2.57. The first-order chi connectivity index (χ1) is 10.8. The van der Waals surface area contributed by atoms with Crippen LogP contribution in [0.2, 0.25) is 0 Å². The molecule has 2 aromatic rings. The van der Waals surface area contributed by atoms with Gasteiger partial charge in [0.25, 0.3) is 0 Å². The maximum atomic E-state index is 8.98. The summed E-state index contributed by atoms with van der Waals surface area (Å²) in [5, 5.41) is 17.7. The summed E-state index contributed by atoms with van der Waals surface area (Å²) < 4.78 is 1.06. The van der Waals surface area contributed by atoms with Gasteiger partial charge >= 0.3 is 0 Å². The van der Waals surface area contributed by atoms with Crippen LogP contribution in [0, 0.1) is 0 Å². The molecule has 1 aliphatic rings. The van der Waals surface area contributed by atoms with Crippen LogP contribution in [0.1, 0.15) is 0 Å². The number of benzene rings is 1. The number of nitrogens with zero attached hydrogens (tertiary/aromatic N) is 4. The van der Waals surface area contributed by atoms with Gasteiger partial charge in [0.15, 0.2) is 5.82 Å². The minimum absolute atomic E-state index is 0.224. The van der Waals surface area contributed by atoms with Gasteiger partial charge in [-0.2, -0.15) is 0 Å². The summed E-state index contributed by atoms with van der Waals surface area (Å²) in [6.45, 7) is 4.73. The normalized spacial score (nSPS) is 16.0. The predicted molar refractivity (Wildman–Crippen MR) is 90.9 cm³/mol. The first kappa shape index (κ1) is 15.4. The Balaban J connectivity index is 1.66. The van der Waals surface area contributed by atoms with Crippen molar-refractivity contribution in [3.8, 4) is 11.3 Å². The van der Waals surface area contributed by atoms with Crippen molar-refractivity contribution in [2.75, 3.05) is 44.2 Å². The Kier molecular flexibility index (Phi) is 5.02. The first-order valence-corrected chi connectivity index (χ1v) is 8.23. The molecule has 1 aromatic heterocycles. The third-order valence-corrected chi connectivity index (χ3v) is 4.43. The maximum absolute atomic E-state index is 8.98. The van der Waals surface area contributed by atoms with Gasteiger partial charge in [0, 0.05) is 42.8 Å². The van der Waals surface area contributed by atoms with Crippen LogP contribution in [0.4, 0.5) is 5.82 Å². The van der Waals surface area contributed by atoms with Gasteiger partial charge in [-0.05, 0) is 24.3 Å². The average molecular weight is 363 g/mol. The van der Waals surface area contributed by atoms with Crippen molar-refractivity contribution in [1.82, 2.24) is 15.1 Å². The van der Waals surface area contributed by atoms with E-state index in [0.29, 0.717) is 0 Å². The zero-order chi connectivity index (χ0) is 15.4. The van der Waals surface area contributed by atoms with Crippen molar-refractivity contribution in [2.24, 2.45) is 0 Å². The van der Waals surface area contributed by atoms with E-state index in [9.17, 15) is 0 Å². The van der Waals surface area contributed by atoms with Gasteiger partial charge in [0.2, 0.25) is 0 Å². The van der Waals surface area contributed by atoms with Gasteiger partial charge in [0.1, 0.15) is 0 Å². The fourth-order valence-corrected chi connectivity index (χ4v) is 2.87. The Hall–Kier alpha value is -1.50. The van der Waals surface area contributed by atoms with Crippen molar-refractivity contribution in [1.29, 1.82) is 0 Å². The number of aliphatic hydroxyl groups excluding tert-OH is 1. The largest absolute Gasteiger partial charge is 0.395 e. The number of aliphatic hydroxyl groups is 1. The van der Waals surface area contributed by atoms with Crippen LogP contribution in [-0.4, -0.2) is 59.5 Å². The summed E-state index contributed by atoms with van der Waals surface area (Å²) in [6, 6.07) is 12.1. The summed E-state index contributed by atoms with van der Waals surface area (Å²) in [4.78, 5) is 4.51. The SMILES string of the molecule is OCCN1CCN(c2ccc(-c3ccc(Br)cc3)nn2)CC1. The third-order valence-electron chi connectivity index (χ3n) is 3.90. The third kappa shape index (κ3) is 3.63. The number of hydrogen-bond acceptors (Lipinski definition) is 5. The second-order valence-electron chi connectivity index (χ2n) is 5.34. The van der Waals surface area contributed by atoms with Gasteiger partial charge in [-0.25, -0.2) is 0 Å². The number of anilines is 1. The van der Waals surface area contributed by atoms with Gasteiger partial charge < -0.3 is 10.0 Å². The molecule has 0 spiro atoms. The van der Waals surface area contributed by atoms with Crippen LogP contribution in [0.15, 0.2) is 40.9 Å². The number of halogens is 1. The highest BCUT2D eigenvalue weighted by atomic mass is 79.9. The van der Waals surface area contributed by atoms with Crippen LogP contribution in [-0.2, 0) is 0 Å². The second-order valence-corrected chi connectivity index (χ2v) is 6.25. The molecule has 2 heterocycles. The van der Waals surface area contributed by atoms with Crippen molar-refractivity contribution >= 4 is 21.7 Å². The molecule has 1 saturated heterocycles. The Bertz CT molecular complexity index is 595. The van der Waals surface area contributed by atoms with E-state index in [4.69, 9.17) is 5.11 Å². The highest BCUT2D eigenvalue weighted by molar-refractivity contribution is 9.10. The summed E-state index contributed by atoms with van der Waals surface area (Å²) in [7, 11) is 0. The Labute approximate surface area is 138 Å². The van der Waals surface area contributed by atoms with Crippen molar-refractivity contribution in [3.63, 3.8) is 0 Å². The maximum Gasteiger partial charge on any atom is 0.151 e. The van der Waals surface area contributed by atoms with E-state index in [1.165, 1.54) is 0 Å². The molecule has 1 fully saturated rings. The number of rotatable bonds is 4. The van der Waals surface area contributed by atoms with E-state index >= 15 is 0 Å². The molecule has 0 saturated carbocycles. The van der Waals surface area contributed by atoms with E-state index in [-0.39, 0.29) is 6.61 Å². The van der Waals surface area contributed by atoms with Crippen LogP contribution >= 0.6 is 15.9 Å². The Morgan fingerprint density at radius 2 is 1.68 bits per heavy atom. The van der Waals surface area contributed by atoms with E-state index in [1.54, 1.807) is 0 Å². The standard InChI is InChI=1S/C16H19BrN4O/c17-14-3-1-13(2-4-14)15-5-6-16(19-18-15)21-9-7-20(8-10-21)11-12-22/h1-6,22H,7-12H2. The highest BCUT2D eigenvalue weighted by Gasteiger charge is 2.17. The minimum atomic E-state index is 0.224. The van der Waals surface area contributed by atoms with E-state index < -0.39 is 0 Å². The molecule has 1 aromatic carbocycles. The Morgan fingerprint density at radius 3 is 2.27 bits per heavy atom. The lowest BCUT2D eigenvalue weighted by molar-refractivity contribution is 0.188.